The van der Waals surface area contributed by atoms with Crippen LogP contribution in [0.3, 0.4) is 0 Å². The summed E-state index contributed by atoms with van der Waals surface area (Å²) in [6, 6.07) is 1.20. The van der Waals surface area contributed by atoms with Gasteiger partial charge in [-0.1, -0.05) is 0 Å². The summed E-state index contributed by atoms with van der Waals surface area (Å²) in [6.07, 6.45) is 3.48. The van der Waals surface area contributed by atoms with Crippen molar-refractivity contribution >= 4 is 19.7 Å². The normalized spacial score (nSPS) is 18.9. The van der Waals surface area contributed by atoms with Crippen LogP contribution in [0.5, 0.6) is 5.75 Å². The first-order valence-electron chi connectivity index (χ1n) is 6.56. The highest BCUT2D eigenvalue weighted by Gasteiger charge is 2.23. The Balaban J connectivity index is 2.01. The minimum Gasteiger partial charge on any atom is -0.489 e. The topological polar surface area (TPSA) is 52.6 Å². The minimum atomic E-state index is -4.29. The van der Waals surface area contributed by atoms with E-state index < -0.39 is 31.3 Å². The Bertz CT molecular complexity index is 600. The van der Waals surface area contributed by atoms with Gasteiger partial charge in [0.1, 0.15) is 10.7 Å². The van der Waals surface area contributed by atoms with Crippen molar-refractivity contribution in [2.75, 3.05) is 13.2 Å². The number of hydrogen-bond acceptors (Lipinski definition) is 4. The maximum atomic E-state index is 13.7. The maximum Gasteiger partial charge on any atom is 0.265 e. The lowest BCUT2D eigenvalue weighted by Crippen LogP contribution is -2.09. The fourth-order valence-corrected chi connectivity index (χ4v) is 3.19. The molecule has 1 aromatic rings. The maximum absolute atomic E-state index is 13.7. The lowest BCUT2D eigenvalue weighted by Gasteiger charge is -2.12. The second-order valence-corrected chi connectivity index (χ2v) is 7.31. The Morgan fingerprint density at radius 3 is 2.76 bits per heavy atom. The van der Waals surface area contributed by atoms with Crippen molar-refractivity contribution in [1.82, 2.24) is 0 Å². The van der Waals surface area contributed by atoms with Crippen molar-refractivity contribution in [3.05, 3.63) is 23.8 Å². The molecule has 2 rings (SSSR count). The summed E-state index contributed by atoms with van der Waals surface area (Å²) < 4.78 is 60.0. The summed E-state index contributed by atoms with van der Waals surface area (Å²) in [6.45, 7) is 0.842. The molecule has 0 bridgehead atoms. The molecule has 0 saturated carbocycles. The van der Waals surface area contributed by atoms with Gasteiger partial charge < -0.3 is 9.47 Å². The highest BCUT2D eigenvalue weighted by atomic mass is 35.7. The molecule has 8 heteroatoms. The van der Waals surface area contributed by atoms with Gasteiger partial charge in [-0.05, 0) is 31.7 Å². The predicted octanol–water partition coefficient (Wildman–Crippen LogP) is 3.23. The van der Waals surface area contributed by atoms with Crippen LogP contribution in [-0.2, 0) is 13.8 Å². The molecule has 0 spiro atoms. The fraction of sp³-hybridized carbons (Fsp3) is 0.538. The van der Waals surface area contributed by atoms with E-state index >= 15 is 0 Å². The molecule has 1 atom stereocenters. The van der Waals surface area contributed by atoms with Gasteiger partial charge in [-0.15, -0.1) is 0 Å². The van der Waals surface area contributed by atoms with Crippen molar-refractivity contribution < 1.29 is 26.7 Å². The molecule has 0 aromatic heterocycles. The highest BCUT2D eigenvalue weighted by Crippen LogP contribution is 2.31. The van der Waals surface area contributed by atoms with E-state index in [9.17, 15) is 17.2 Å². The first-order valence-corrected chi connectivity index (χ1v) is 8.87. The zero-order valence-corrected chi connectivity index (χ0v) is 12.7. The van der Waals surface area contributed by atoms with Gasteiger partial charge in [0.15, 0.2) is 11.6 Å². The van der Waals surface area contributed by atoms with Crippen LogP contribution in [0.15, 0.2) is 17.0 Å². The molecule has 1 aromatic carbocycles. The van der Waals surface area contributed by atoms with Gasteiger partial charge in [-0.2, -0.15) is 0 Å². The molecular weight excluding hydrogens is 326 g/mol. The van der Waals surface area contributed by atoms with Gasteiger partial charge in [-0.25, -0.2) is 17.2 Å². The third-order valence-electron chi connectivity index (χ3n) is 3.18. The van der Waals surface area contributed by atoms with Crippen LogP contribution in [-0.4, -0.2) is 27.7 Å². The van der Waals surface area contributed by atoms with Crippen LogP contribution in [0.1, 0.15) is 25.7 Å². The fourth-order valence-electron chi connectivity index (χ4n) is 2.22. The summed E-state index contributed by atoms with van der Waals surface area (Å²) >= 11 is 0. The average Bonchev–Trinajstić information content (AvgIpc) is 2.87. The number of ether oxygens (including phenoxy) is 2. The Kier molecular flexibility index (Phi) is 5.40. The van der Waals surface area contributed by atoms with Crippen molar-refractivity contribution in [2.24, 2.45) is 0 Å². The van der Waals surface area contributed by atoms with E-state index in [1.807, 2.05) is 0 Å². The van der Waals surface area contributed by atoms with Gasteiger partial charge in [0.05, 0.1) is 12.7 Å². The first kappa shape index (κ1) is 16.5. The van der Waals surface area contributed by atoms with Crippen LogP contribution in [0.2, 0.25) is 0 Å². The zero-order valence-electron chi connectivity index (χ0n) is 11.1. The van der Waals surface area contributed by atoms with Crippen LogP contribution in [0, 0.1) is 11.6 Å². The van der Waals surface area contributed by atoms with Crippen molar-refractivity contribution in [2.45, 2.75) is 36.7 Å². The molecule has 1 heterocycles. The molecule has 0 radical (unpaired) electrons. The molecule has 1 aliphatic heterocycles. The molecule has 0 amide bonds. The van der Waals surface area contributed by atoms with E-state index in [1.54, 1.807) is 0 Å². The van der Waals surface area contributed by atoms with Crippen molar-refractivity contribution in [1.29, 1.82) is 0 Å². The Morgan fingerprint density at radius 2 is 2.14 bits per heavy atom. The summed E-state index contributed by atoms with van der Waals surface area (Å²) in [5, 5.41) is 0. The van der Waals surface area contributed by atoms with Gasteiger partial charge in [0, 0.05) is 23.4 Å². The summed E-state index contributed by atoms with van der Waals surface area (Å²) in [4.78, 5) is -0.696. The zero-order chi connectivity index (χ0) is 15.5. The van der Waals surface area contributed by atoms with Gasteiger partial charge in [0.2, 0.25) is 0 Å². The smallest absolute Gasteiger partial charge is 0.265 e. The molecule has 0 aliphatic carbocycles. The minimum absolute atomic E-state index is 0.0990. The van der Waals surface area contributed by atoms with Crippen LogP contribution in [0.25, 0.3) is 0 Å². The third kappa shape index (κ3) is 4.52. The van der Waals surface area contributed by atoms with Gasteiger partial charge in [-0.3, -0.25) is 0 Å². The van der Waals surface area contributed by atoms with E-state index in [0.29, 0.717) is 18.6 Å². The molecule has 1 saturated heterocycles. The highest BCUT2D eigenvalue weighted by molar-refractivity contribution is 8.13. The summed E-state index contributed by atoms with van der Waals surface area (Å²) in [5.41, 5.74) is 0. The SMILES string of the molecule is O=S(=O)(Cl)c1cc(F)cc(F)c1OCCCC1CCCO1. The molecule has 1 fully saturated rings. The Hall–Kier alpha value is -0.920. The first-order chi connectivity index (χ1) is 9.88. The predicted molar refractivity (Wildman–Crippen MR) is 73.1 cm³/mol. The monoisotopic (exact) mass is 340 g/mol. The molecular formula is C13H15ClF2O4S. The van der Waals surface area contributed by atoms with Gasteiger partial charge in [0.25, 0.3) is 9.05 Å². The van der Waals surface area contributed by atoms with E-state index in [4.69, 9.17) is 20.2 Å². The number of benzene rings is 1. The summed E-state index contributed by atoms with van der Waals surface area (Å²) in [5.74, 6) is -2.66. The molecule has 1 unspecified atom stereocenters. The second-order valence-electron chi connectivity index (χ2n) is 4.78. The average molecular weight is 341 g/mol. The quantitative estimate of drug-likeness (QED) is 0.589. The largest absolute Gasteiger partial charge is 0.489 e. The Labute approximate surface area is 126 Å². The van der Waals surface area contributed by atoms with Crippen LogP contribution < -0.4 is 4.74 Å². The molecule has 4 nitrogen and oxygen atoms in total. The molecule has 21 heavy (non-hydrogen) atoms. The Morgan fingerprint density at radius 1 is 1.38 bits per heavy atom. The van der Waals surface area contributed by atoms with E-state index in [2.05, 4.69) is 0 Å². The van der Waals surface area contributed by atoms with E-state index in [1.165, 1.54) is 0 Å². The lowest BCUT2D eigenvalue weighted by atomic mass is 10.1. The van der Waals surface area contributed by atoms with E-state index in [-0.39, 0.29) is 12.7 Å². The summed E-state index contributed by atoms with van der Waals surface area (Å²) in [7, 11) is 0.874. The van der Waals surface area contributed by atoms with Crippen LogP contribution in [0.4, 0.5) is 8.78 Å². The van der Waals surface area contributed by atoms with Crippen molar-refractivity contribution in [3.63, 3.8) is 0 Å². The molecule has 118 valence electrons. The number of halogens is 3. The number of rotatable bonds is 6. The number of hydrogen-bond donors (Lipinski definition) is 0. The van der Waals surface area contributed by atoms with Gasteiger partial charge >= 0.3 is 0 Å². The third-order valence-corrected chi connectivity index (χ3v) is 4.51. The lowest BCUT2D eigenvalue weighted by molar-refractivity contribution is 0.0977. The van der Waals surface area contributed by atoms with Crippen molar-refractivity contribution in [3.8, 4) is 5.75 Å². The molecule has 1 aliphatic rings. The molecule has 0 N–H and O–H groups in total. The standard InChI is InChI=1S/C13H15ClF2O4S/c14-21(17,18)12-8-9(15)7-11(16)13(12)20-6-2-4-10-3-1-5-19-10/h7-8,10H,1-6H2. The second kappa shape index (κ2) is 6.89. The van der Waals surface area contributed by atoms with E-state index in [0.717, 1.165) is 25.9 Å². The van der Waals surface area contributed by atoms with Crippen LogP contribution >= 0.6 is 10.7 Å².